The molecule has 1 fully saturated rings. The van der Waals surface area contributed by atoms with Gasteiger partial charge in [-0.2, -0.15) is 0 Å². The smallest absolute Gasteiger partial charge is 0.119 e. The van der Waals surface area contributed by atoms with Gasteiger partial charge >= 0.3 is 0 Å². The summed E-state index contributed by atoms with van der Waals surface area (Å²) >= 11 is 0. The molecule has 0 amide bonds. The zero-order chi connectivity index (χ0) is 18.7. The van der Waals surface area contributed by atoms with Crippen molar-refractivity contribution in [3.05, 3.63) is 65.7 Å². The van der Waals surface area contributed by atoms with Crippen LogP contribution in [0.4, 0.5) is 0 Å². The Bertz CT molecular complexity index is 654. The third kappa shape index (κ3) is 6.98. The second-order valence-corrected chi connectivity index (χ2v) is 7.35. The molecule has 0 unspecified atom stereocenters. The van der Waals surface area contributed by atoms with E-state index in [0.29, 0.717) is 0 Å². The summed E-state index contributed by atoms with van der Waals surface area (Å²) in [5.41, 5.74) is 8.33. The molecule has 1 saturated heterocycles. The molecule has 1 aliphatic heterocycles. The molecule has 4 nitrogen and oxygen atoms in total. The molecule has 0 radical (unpaired) electrons. The molecule has 1 heterocycles. The summed E-state index contributed by atoms with van der Waals surface area (Å²) in [5.74, 6) is 0.988. The second kappa shape index (κ2) is 11.1. The second-order valence-electron chi connectivity index (χ2n) is 7.35. The van der Waals surface area contributed by atoms with Crippen LogP contribution in [0.2, 0.25) is 0 Å². The average molecular weight is 368 g/mol. The number of nitrogens with two attached hydrogens (primary N) is 1. The van der Waals surface area contributed by atoms with Gasteiger partial charge in [-0.05, 0) is 55.6 Å². The van der Waals surface area contributed by atoms with Crippen molar-refractivity contribution in [1.29, 1.82) is 0 Å². The molecule has 0 aliphatic carbocycles. The van der Waals surface area contributed by atoms with Gasteiger partial charge in [0.05, 0.1) is 6.61 Å². The van der Waals surface area contributed by atoms with Gasteiger partial charge in [-0.25, -0.2) is 0 Å². The normalized spacial score (nSPS) is 15.7. The van der Waals surface area contributed by atoms with Gasteiger partial charge in [-0.15, -0.1) is 0 Å². The molecule has 27 heavy (non-hydrogen) atoms. The molecular weight excluding hydrogens is 334 g/mol. The quantitative estimate of drug-likeness (QED) is 0.655. The maximum atomic E-state index is 5.98. The van der Waals surface area contributed by atoms with Crippen molar-refractivity contribution >= 4 is 0 Å². The molecule has 2 aromatic carbocycles. The molecule has 2 aromatic rings. The van der Waals surface area contributed by atoms with Gasteiger partial charge in [0.25, 0.3) is 0 Å². The largest absolute Gasteiger partial charge is 0.494 e. The molecule has 0 bridgehead atoms. The topological polar surface area (TPSA) is 41.7 Å². The van der Waals surface area contributed by atoms with E-state index < -0.39 is 0 Å². The van der Waals surface area contributed by atoms with Crippen molar-refractivity contribution in [2.75, 3.05) is 45.9 Å². The number of aryl methyl sites for hydroxylation is 1. The van der Waals surface area contributed by atoms with Crippen LogP contribution >= 0.6 is 0 Å². The molecule has 0 spiro atoms. The average Bonchev–Trinajstić information content (AvgIpc) is 2.72. The van der Waals surface area contributed by atoms with Crippen molar-refractivity contribution in [3.8, 4) is 5.75 Å². The van der Waals surface area contributed by atoms with Crippen LogP contribution in [-0.2, 0) is 13.0 Å². The van der Waals surface area contributed by atoms with Crippen molar-refractivity contribution < 1.29 is 4.74 Å². The molecular formula is C23H33N3O. The fourth-order valence-electron chi connectivity index (χ4n) is 3.59. The van der Waals surface area contributed by atoms with Gasteiger partial charge < -0.3 is 15.4 Å². The highest BCUT2D eigenvalue weighted by Crippen LogP contribution is 2.16. The van der Waals surface area contributed by atoms with E-state index in [-0.39, 0.29) is 0 Å². The SMILES string of the molecule is NCCCN1CCN(Cc2cccc(OCCCc3ccccc3)c2)CC1. The summed E-state index contributed by atoms with van der Waals surface area (Å²) in [6.45, 7) is 8.25. The Balaban J connectivity index is 1.38. The van der Waals surface area contributed by atoms with Gasteiger partial charge in [0, 0.05) is 32.7 Å². The third-order valence-electron chi connectivity index (χ3n) is 5.17. The molecule has 0 atom stereocenters. The number of hydrogen-bond donors (Lipinski definition) is 1. The van der Waals surface area contributed by atoms with Gasteiger partial charge in [0.15, 0.2) is 0 Å². The molecule has 1 aliphatic rings. The molecule has 2 N–H and O–H groups in total. The highest BCUT2D eigenvalue weighted by molar-refractivity contribution is 5.28. The molecule has 0 aromatic heterocycles. The first kappa shape index (κ1) is 19.9. The number of nitrogens with zero attached hydrogens (tertiary/aromatic N) is 2. The number of rotatable bonds is 10. The summed E-state index contributed by atoms with van der Waals surface area (Å²) < 4.78 is 5.98. The van der Waals surface area contributed by atoms with Crippen molar-refractivity contribution in [1.82, 2.24) is 9.80 Å². The number of benzene rings is 2. The van der Waals surface area contributed by atoms with Gasteiger partial charge in [-0.3, -0.25) is 4.90 Å². The van der Waals surface area contributed by atoms with Crippen LogP contribution in [0.5, 0.6) is 5.75 Å². The van der Waals surface area contributed by atoms with Crippen molar-refractivity contribution in [2.45, 2.75) is 25.8 Å². The predicted molar refractivity (Wildman–Crippen MR) is 112 cm³/mol. The van der Waals surface area contributed by atoms with Gasteiger partial charge in [0.2, 0.25) is 0 Å². The summed E-state index contributed by atoms with van der Waals surface area (Å²) in [6.07, 6.45) is 3.21. The Morgan fingerprint density at radius 3 is 2.33 bits per heavy atom. The minimum Gasteiger partial charge on any atom is -0.494 e. The summed E-state index contributed by atoms with van der Waals surface area (Å²) in [5, 5.41) is 0. The van der Waals surface area contributed by atoms with Crippen molar-refractivity contribution in [2.24, 2.45) is 5.73 Å². The van der Waals surface area contributed by atoms with Gasteiger partial charge in [-0.1, -0.05) is 42.5 Å². The number of hydrogen-bond acceptors (Lipinski definition) is 4. The Hall–Kier alpha value is -1.88. The zero-order valence-electron chi connectivity index (χ0n) is 16.4. The van der Waals surface area contributed by atoms with Crippen LogP contribution in [0.1, 0.15) is 24.0 Å². The summed E-state index contributed by atoms with van der Waals surface area (Å²) in [7, 11) is 0. The maximum Gasteiger partial charge on any atom is 0.119 e. The van der Waals surface area contributed by atoms with Crippen molar-refractivity contribution in [3.63, 3.8) is 0 Å². The standard InChI is InChI=1S/C23H33N3O/c24-12-6-13-25-14-16-26(17-15-25)20-22-9-4-11-23(19-22)27-18-5-10-21-7-2-1-3-8-21/h1-4,7-9,11,19H,5-6,10,12-18,20,24H2. The lowest BCUT2D eigenvalue weighted by Gasteiger charge is -2.34. The fourth-order valence-corrected chi connectivity index (χ4v) is 3.59. The lowest BCUT2D eigenvalue weighted by molar-refractivity contribution is 0.126. The van der Waals surface area contributed by atoms with E-state index in [2.05, 4.69) is 64.4 Å². The zero-order valence-corrected chi connectivity index (χ0v) is 16.4. The number of ether oxygens (including phenoxy) is 1. The molecule has 3 rings (SSSR count). The number of piperazine rings is 1. The highest BCUT2D eigenvalue weighted by atomic mass is 16.5. The predicted octanol–water partition coefficient (Wildman–Crippen LogP) is 3.16. The van der Waals surface area contributed by atoms with E-state index in [1.807, 2.05) is 0 Å². The minimum atomic E-state index is 0.762. The van der Waals surface area contributed by atoms with Crippen LogP contribution in [0.3, 0.4) is 0 Å². The Morgan fingerprint density at radius 1 is 0.815 bits per heavy atom. The maximum absolute atomic E-state index is 5.98. The summed E-state index contributed by atoms with van der Waals surface area (Å²) in [4.78, 5) is 5.06. The third-order valence-corrected chi connectivity index (χ3v) is 5.17. The van der Waals surface area contributed by atoms with Crippen LogP contribution in [-0.4, -0.2) is 55.7 Å². The Morgan fingerprint density at radius 2 is 1.56 bits per heavy atom. The summed E-state index contributed by atoms with van der Waals surface area (Å²) in [6, 6.07) is 19.2. The van der Waals surface area contributed by atoms with Crippen LogP contribution in [0.15, 0.2) is 54.6 Å². The van der Waals surface area contributed by atoms with Gasteiger partial charge in [0.1, 0.15) is 5.75 Å². The lowest BCUT2D eigenvalue weighted by atomic mass is 10.1. The fraction of sp³-hybridized carbons (Fsp3) is 0.478. The first-order chi connectivity index (χ1) is 13.3. The molecule has 4 heteroatoms. The minimum absolute atomic E-state index is 0.762. The lowest BCUT2D eigenvalue weighted by Crippen LogP contribution is -2.46. The Labute approximate surface area is 163 Å². The highest BCUT2D eigenvalue weighted by Gasteiger charge is 2.16. The van der Waals surface area contributed by atoms with E-state index in [0.717, 1.165) is 77.4 Å². The van der Waals surface area contributed by atoms with E-state index in [9.17, 15) is 0 Å². The van der Waals surface area contributed by atoms with Crippen LogP contribution < -0.4 is 10.5 Å². The first-order valence-corrected chi connectivity index (χ1v) is 10.2. The molecule has 0 saturated carbocycles. The van der Waals surface area contributed by atoms with E-state index >= 15 is 0 Å². The monoisotopic (exact) mass is 367 g/mol. The van der Waals surface area contributed by atoms with E-state index in [1.54, 1.807) is 0 Å². The van der Waals surface area contributed by atoms with E-state index in [1.165, 1.54) is 11.1 Å². The molecule has 146 valence electrons. The van der Waals surface area contributed by atoms with Crippen LogP contribution in [0.25, 0.3) is 0 Å². The van der Waals surface area contributed by atoms with Crippen LogP contribution in [0, 0.1) is 0 Å². The first-order valence-electron chi connectivity index (χ1n) is 10.2. The Kier molecular flexibility index (Phi) is 8.15. The van der Waals surface area contributed by atoms with E-state index in [4.69, 9.17) is 10.5 Å².